The van der Waals surface area contributed by atoms with Crippen molar-refractivity contribution in [1.82, 2.24) is 14.9 Å². The first-order valence-electron chi connectivity index (χ1n) is 9.71. The Morgan fingerprint density at radius 1 is 1.03 bits per heavy atom. The van der Waals surface area contributed by atoms with Crippen LogP contribution >= 0.6 is 0 Å². The van der Waals surface area contributed by atoms with Crippen LogP contribution in [-0.2, 0) is 16.0 Å². The highest BCUT2D eigenvalue weighted by Crippen LogP contribution is 2.27. The second kappa shape index (κ2) is 8.42. The van der Waals surface area contributed by atoms with Gasteiger partial charge in [-0.25, -0.2) is 0 Å². The first-order chi connectivity index (χ1) is 14.6. The summed E-state index contributed by atoms with van der Waals surface area (Å²) >= 11 is 0. The van der Waals surface area contributed by atoms with Gasteiger partial charge in [-0.3, -0.25) is 19.6 Å². The molecule has 0 bridgehead atoms. The summed E-state index contributed by atoms with van der Waals surface area (Å²) in [6, 6.07) is 16.9. The molecule has 2 amide bonds. The minimum atomic E-state index is -1.29. The van der Waals surface area contributed by atoms with Gasteiger partial charge in [-0.1, -0.05) is 30.3 Å². The Balaban J connectivity index is 1.59. The van der Waals surface area contributed by atoms with Crippen LogP contribution in [0.2, 0.25) is 0 Å². The lowest BCUT2D eigenvalue weighted by molar-refractivity contribution is -0.153. The van der Waals surface area contributed by atoms with Crippen molar-refractivity contribution in [2.75, 3.05) is 19.7 Å². The van der Waals surface area contributed by atoms with Crippen LogP contribution in [0, 0.1) is 0 Å². The third-order valence-corrected chi connectivity index (χ3v) is 5.24. The Labute approximate surface area is 174 Å². The molecule has 1 fully saturated rings. The second-order valence-corrected chi connectivity index (χ2v) is 7.26. The molecule has 152 valence electrons. The van der Waals surface area contributed by atoms with Gasteiger partial charge in [-0.2, -0.15) is 0 Å². The smallest absolute Gasteiger partial charge is 0.272 e. The standard InChI is InChI=1S/C23H22N4O3/c24-22(29)23(15-17-4-3-5-19(14-17)18-7-10-25-11-8-18)16-27(12-13-30-23)21(28)20-6-1-2-9-26-20/h1-11,14H,12-13,15-16H2,(H2,24,29). The van der Waals surface area contributed by atoms with Crippen molar-refractivity contribution in [3.8, 4) is 11.1 Å². The molecule has 1 unspecified atom stereocenters. The average molecular weight is 402 g/mol. The number of hydrogen-bond acceptors (Lipinski definition) is 5. The lowest BCUT2D eigenvalue weighted by Gasteiger charge is -2.40. The number of hydrogen-bond donors (Lipinski definition) is 1. The van der Waals surface area contributed by atoms with E-state index in [4.69, 9.17) is 10.5 Å². The predicted octanol–water partition coefficient (Wildman–Crippen LogP) is 2.08. The van der Waals surface area contributed by atoms with Crippen molar-refractivity contribution in [3.63, 3.8) is 0 Å². The van der Waals surface area contributed by atoms with Gasteiger partial charge in [-0.05, 0) is 41.0 Å². The first kappa shape index (κ1) is 19.7. The molecule has 0 saturated carbocycles. The zero-order valence-corrected chi connectivity index (χ0v) is 16.4. The molecule has 0 aliphatic carbocycles. The highest BCUT2D eigenvalue weighted by molar-refractivity contribution is 5.93. The summed E-state index contributed by atoms with van der Waals surface area (Å²) < 4.78 is 5.89. The molecule has 1 saturated heterocycles. The molecule has 1 aliphatic rings. The summed E-state index contributed by atoms with van der Waals surface area (Å²) in [5.41, 5.74) is 7.74. The van der Waals surface area contributed by atoms with Gasteiger partial charge in [0.25, 0.3) is 11.8 Å². The van der Waals surface area contributed by atoms with E-state index < -0.39 is 11.5 Å². The molecule has 4 rings (SSSR count). The van der Waals surface area contributed by atoms with Gasteiger partial charge in [0, 0.05) is 31.6 Å². The third kappa shape index (κ3) is 4.06. The van der Waals surface area contributed by atoms with Crippen molar-refractivity contribution in [2.24, 2.45) is 5.73 Å². The zero-order valence-electron chi connectivity index (χ0n) is 16.4. The van der Waals surface area contributed by atoms with E-state index in [1.54, 1.807) is 41.7 Å². The molecule has 3 aromatic rings. The number of carbonyl (C=O) groups excluding carboxylic acids is 2. The highest BCUT2D eigenvalue weighted by atomic mass is 16.5. The van der Waals surface area contributed by atoms with Crippen LogP contribution in [-0.4, -0.2) is 52.0 Å². The van der Waals surface area contributed by atoms with Gasteiger partial charge in [0.2, 0.25) is 0 Å². The van der Waals surface area contributed by atoms with Crippen LogP contribution in [0.25, 0.3) is 11.1 Å². The van der Waals surface area contributed by atoms with E-state index >= 15 is 0 Å². The molecule has 7 heteroatoms. The molecule has 2 aromatic heterocycles. The van der Waals surface area contributed by atoms with Gasteiger partial charge in [0.1, 0.15) is 5.69 Å². The molecule has 1 aromatic carbocycles. The van der Waals surface area contributed by atoms with Crippen LogP contribution in [0.15, 0.2) is 73.2 Å². The lowest BCUT2D eigenvalue weighted by Crippen LogP contribution is -2.61. The summed E-state index contributed by atoms with van der Waals surface area (Å²) in [5.74, 6) is -0.828. The number of aromatic nitrogens is 2. The molecule has 0 radical (unpaired) electrons. The van der Waals surface area contributed by atoms with E-state index in [1.807, 2.05) is 36.4 Å². The number of carbonyl (C=O) groups is 2. The quantitative estimate of drug-likeness (QED) is 0.705. The van der Waals surface area contributed by atoms with E-state index in [0.717, 1.165) is 16.7 Å². The topological polar surface area (TPSA) is 98.4 Å². The summed E-state index contributed by atoms with van der Waals surface area (Å²) in [7, 11) is 0. The number of pyridine rings is 2. The van der Waals surface area contributed by atoms with Gasteiger partial charge < -0.3 is 15.4 Å². The molecular formula is C23H22N4O3. The Bertz CT molecular complexity index is 1040. The first-order valence-corrected chi connectivity index (χ1v) is 9.71. The summed E-state index contributed by atoms with van der Waals surface area (Å²) in [4.78, 5) is 35.1. The molecule has 1 atom stereocenters. The monoisotopic (exact) mass is 402 g/mol. The fraction of sp³-hybridized carbons (Fsp3) is 0.217. The Kier molecular flexibility index (Phi) is 5.54. The number of amides is 2. The van der Waals surface area contributed by atoms with Crippen molar-refractivity contribution in [3.05, 3.63) is 84.4 Å². The maximum absolute atomic E-state index is 12.9. The van der Waals surface area contributed by atoms with Crippen LogP contribution in [0.5, 0.6) is 0 Å². The predicted molar refractivity (Wildman–Crippen MR) is 111 cm³/mol. The van der Waals surface area contributed by atoms with Crippen molar-refractivity contribution < 1.29 is 14.3 Å². The third-order valence-electron chi connectivity index (χ3n) is 5.24. The molecule has 0 spiro atoms. The molecule has 2 N–H and O–H groups in total. The largest absolute Gasteiger partial charge is 0.367 e. The average Bonchev–Trinajstić information content (AvgIpc) is 2.80. The van der Waals surface area contributed by atoms with Gasteiger partial charge in [-0.15, -0.1) is 0 Å². The number of primary amides is 1. The number of morpholine rings is 1. The van der Waals surface area contributed by atoms with Gasteiger partial charge in [0.05, 0.1) is 13.2 Å². The number of nitrogens with zero attached hydrogens (tertiary/aromatic N) is 3. The van der Waals surface area contributed by atoms with Gasteiger partial charge >= 0.3 is 0 Å². The van der Waals surface area contributed by atoms with E-state index in [-0.39, 0.29) is 25.5 Å². The summed E-state index contributed by atoms with van der Waals surface area (Å²) in [5, 5.41) is 0. The summed E-state index contributed by atoms with van der Waals surface area (Å²) in [6.45, 7) is 0.685. The Morgan fingerprint density at radius 2 is 1.87 bits per heavy atom. The SMILES string of the molecule is NC(=O)C1(Cc2cccc(-c3ccncc3)c2)CN(C(=O)c2ccccn2)CCO1. The Hall–Kier alpha value is -3.58. The normalized spacial score (nSPS) is 18.7. The minimum absolute atomic E-state index is 0.0806. The lowest BCUT2D eigenvalue weighted by atomic mass is 9.90. The number of benzene rings is 1. The summed E-state index contributed by atoms with van der Waals surface area (Å²) in [6.07, 6.45) is 5.31. The molecule has 3 heterocycles. The molecule has 7 nitrogen and oxygen atoms in total. The van der Waals surface area contributed by atoms with Crippen LogP contribution in [0.4, 0.5) is 0 Å². The number of nitrogens with two attached hydrogens (primary N) is 1. The van der Waals surface area contributed by atoms with Crippen molar-refractivity contribution >= 4 is 11.8 Å². The van der Waals surface area contributed by atoms with E-state index in [2.05, 4.69) is 9.97 Å². The maximum Gasteiger partial charge on any atom is 0.272 e. The maximum atomic E-state index is 12.9. The van der Waals surface area contributed by atoms with Crippen LogP contribution < -0.4 is 5.73 Å². The van der Waals surface area contributed by atoms with E-state index in [1.165, 1.54) is 0 Å². The number of rotatable bonds is 5. The fourth-order valence-electron chi connectivity index (χ4n) is 3.69. The molecule has 1 aliphatic heterocycles. The fourth-order valence-corrected chi connectivity index (χ4v) is 3.69. The van der Waals surface area contributed by atoms with Crippen molar-refractivity contribution in [1.29, 1.82) is 0 Å². The van der Waals surface area contributed by atoms with E-state index in [0.29, 0.717) is 12.2 Å². The van der Waals surface area contributed by atoms with Gasteiger partial charge in [0.15, 0.2) is 5.60 Å². The van der Waals surface area contributed by atoms with E-state index in [9.17, 15) is 9.59 Å². The van der Waals surface area contributed by atoms with Crippen molar-refractivity contribution in [2.45, 2.75) is 12.0 Å². The van der Waals surface area contributed by atoms with Crippen LogP contribution in [0.1, 0.15) is 16.1 Å². The molecular weight excluding hydrogens is 380 g/mol. The zero-order chi connectivity index (χ0) is 21.0. The number of ether oxygens (including phenoxy) is 1. The minimum Gasteiger partial charge on any atom is -0.367 e. The van der Waals surface area contributed by atoms with Crippen LogP contribution in [0.3, 0.4) is 0 Å². The second-order valence-electron chi connectivity index (χ2n) is 7.26. The highest BCUT2D eigenvalue weighted by Gasteiger charge is 2.44. The Morgan fingerprint density at radius 3 is 2.60 bits per heavy atom. The molecule has 30 heavy (non-hydrogen) atoms.